The molecule has 0 atom stereocenters. The first-order valence-electron chi connectivity index (χ1n) is 6.15. The van der Waals surface area contributed by atoms with Gasteiger partial charge in [0.05, 0.1) is 40.4 Å². The molecule has 0 unspecified atom stereocenters. The average Bonchev–Trinajstić information content (AvgIpc) is 2.82. The molecule has 3 rings (SSSR count). The molecular weight excluding hydrogens is 250 g/mol. The number of aromatic nitrogens is 2. The second-order valence-electron chi connectivity index (χ2n) is 4.60. The maximum Gasteiger partial charge on any atom is 0.0992 e. The fourth-order valence-electron chi connectivity index (χ4n) is 2.10. The van der Waals surface area contributed by atoms with E-state index in [-0.39, 0.29) is 0 Å². The van der Waals surface area contributed by atoms with E-state index in [2.05, 4.69) is 16.4 Å². The van der Waals surface area contributed by atoms with E-state index in [9.17, 15) is 0 Å². The lowest BCUT2D eigenvalue weighted by Gasteiger charge is -2.09. The van der Waals surface area contributed by atoms with E-state index >= 15 is 0 Å². The van der Waals surface area contributed by atoms with Crippen LogP contribution in [0.15, 0.2) is 42.7 Å². The second-order valence-corrected chi connectivity index (χ2v) is 4.60. The number of imidazole rings is 1. The van der Waals surface area contributed by atoms with Crippen LogP contribution in [0.25, 0.3) is 11.0 Å². The van der Waals surface area contributed by atoms with Crippen LogP contribution in [0.2, 0.25) is 0 Å². The summed E-state index contributed by atoms with van der Waals surface area (Å²) in [6.07, 6.45) is 1.78. The molecule has 98 valence electrons. The van der Waals surface area contributed by atoms with Crippen molar-refractivity contribution in [2.45, 2.75) is 0 Å². The van der Waals surface area contributed by atoms with Crippen LogP contribution in [0.1, 0.15) is 5.56 Å². The van der Waals surface area contributed by atoms with Crippen molar-refractivity contribution >= 4 is 28.1 Å². The molecule has 2 aromatic carbocycles. The minimum absolute atomic E-state index is 0.570. The number of benzene rings is 2. The van der Waals surface area contributed by atoms with Crippen molar-refractivity contribution in [1.29, 1.82) is 5.26 Å². The van der Waals surface area contributed by atoms with E-state index in [1.165, 1.54) is 0 Å². The Morgan fingerprint density at radius 3 is 2.90 bits per heavy atom. The predicted octanol–water partition coefficient (Wildman–Crippen LogP) is 2.77. The van der Waals surface area contributed by atoms with Crippen molar-refractivity contribution in [1.82, 2.24) is 9.55 Å². The zero-order valence-electron chi connectivity index (χ0n) is 11.0. The van der Waals surface area contributed by atoms with Crippen molar-refractivity contribution in [2.75, 3.05) is 11.1 Å². The summed E-state index contributed by atoms with van der Waals surface area (Å²) in [7, 11) is 1.96. The lowest BCUT2D eigenvalue weighted by molar-refractivity contribution is 0.948. The van der Waals surface area contributed by atoms with E-state index in [0.717, 1.165) is 22.4 Å². The summed E-state index contributed by atoms with van der Waals surface area (Å²) in [6.45, 7) is 0. The smallest absolute Gasteiger partial charge is 0.0992 e. The summed E-state index contributed by atoms with van der Waals surface area (Å²) in [5, 5.41) is 12.2. The van der Waals surface area contributed by atoms with Crippen LogP contribution in [0, 0.1) is 11.3 Å². The number of fused-ring (bicyclic) bond motifs is 1. The normalized spacial score (nSPS) is 10.4. The number of aryl methyl sites for hydroxylation is 1. The number of nitrogens with zero attached hydrogens (tertiary/aromatic N) is 3. The van der Waals surface area contributed by atoms with Crippen molar-refractivity contribution in [3.63, 3.8) is 0 Å². The SMILES string of the molecule is Cn1cnc2cc(Nc3cc(C#N)ccc3N)ccc21. The summed E-state index contributed by atoms with van der Waals surface area (Å²) < 4.78 is 1.96. The lowest BCUT2D eigenvalue weighted by atomic mass is 10.2. The minimum Gasteiger partial charge on any atom is -0.397 e. The molecule has 0 amide bonds. The van der Waals surface area contributed by atoms with Crippen LogP contribution >= 0.6 is 0 Å². The third kappa shape index (κ3) is 2.04. The Kier molecular flexibility index (Phi) is 2.77. The topological polar surface area (TPSA) is 79.7 Å². The van der Waals surface area contributed by atoms with Crippen LogP contribution in [0.5, 0.6) is 0 Å². The molecule has 0 spiro atoms. The standard InChI is InChI=1S/C15H13N5/c1-20-9-18-14-7-11(3-5-15(14)20)19-13-6-10(8-16)2-4-12(13)17/h2-7,9,19H,17H2,1H3. The molecule has 20 heavy (non-hydrogen) atoms. The van der Waals surface area contributed by atoms with Gasteiger partial charge in [0.1, 0.15) is 0 Å². The van der Waals surface area contributed by atoms with E-state index in [4.69, 9.17) is 11.0 Å². The Morgan fingerprint density at radius 2 is 2.10 bits per heavy atom. The number of nitrogens with one attached hydrogen (secondary N) is 1. The first kappa shape index (κ1) is 12.1. The van der Waals surface area contributed by atoms with Crippen LogP contribution in [-0.4, -0.2) is 9.55 Å². The van der Waals surface area contributed by atoms with Crippen molar-refractivity contribution in [3.05, 3.63) is 48.3 Å². The fraction of sp³-hybridized carbons (Fsp3) is 0.0667. The molecule has 0 aliphatic carbocycles. The van der Waals surface area contributed by atoms with Crippen molar-refractivity contribution < 1.29 is 0 Å². The molecule has 0 bridgehead atoms. The Morgan fingerprint density at radius 1 is 1.25 bits per heavy atom. The lowest BCUT2D eigenvalue weighted by Crippen LogP contribution is -1.97. The third-order valence-electron chi connectivity index (χ3n) is 3.19. The van der Waals surface area contributed by atoms with Gasteiger partial charge in [0.15, 0.2) is 0 Å². The summed E-state index contributed by atoms with van der Waals surface area (Å²) in [6, 6.07) is 13.2. The van der Waals surface area contributed by atoms with Crippen LogP contribution in [-0.2, 0) is 7.05 Å². The number of hydrogen-bond acceptors (Lipinski definition) is 4. The van der Waals surface area contributed by atoms with Crippen molar-refractivity contribution in [3.8, 4) is 6.07 Å². The van der Waals surface area contributed by atoms with Gasteiger partial charge >= 0.3 is 0 Å². The number of anilines is 3. The molecule has 0 aliphatic rings. The number of hydrogen-bond donors (Lipinski definition) is 2. The van der Waals surface area contributed by atoms with Gasteiger partial charge in [-0.05, 0) is 36.4 Å². The van der Waals surface area contributed by atoms with Crippen LogP contribution < -0.4 is 11.1 Å². The average molecular weight is 263 g/mol. The van der Waals surface area contributed by atoms with Gasteiger partial charge in [0.25, 0.3) is 0 Å². The number of nitrogens with two attached hydrogens (primary N) is 1. The van der Waals surface area contributed by atoms with Gasteiger partial charge in [0, 0.05) is 12.7 Å². The Bertz CT molecular complexity index is 826. The van der Waals surface area contributed by atoms with Gasteiger partial charge in [-0.15, -0.1) is 0 Å². The summed E-state index contributed by atoms with van der Waals surface area (Å²) >= 11 is 0. The molecule has 3 N–H and O–H groups in total. The fourth-order valence-corrected chi connectivity index (χ4v) is 2.10. The molecule has 1 heterocycles. The molecule has 0 fully saturated rings. The maximum atomic E-state index is 8.93. The van der Waals surface area contributed by atoms with Gasteiger partial charge in [-0.3, -0.25) is 0 Å². The molecule has 5 nitrogen and oxygen atoms in total. The zero-order valence-corrected chi connectivity index (χ0v) is 11.0. The zero-order chi connectivity index (χ0) is 14.1. The largest absolute Gasteiger partial charge is 0.397 e. The van der Waals surface area contributed by atoms with Crippen LogP contribution in [0.3, 0.4) is 0 Å². The van der Waals surface area contributed by atoms with E-state index in [1.807, 2.05) is 29.8 Å². The molecule has 0 radical (unpaired) electrons. The highest BCUT2D eigenvalue weighted by molar-refractivity contribution is 5.82. The van der Waals surface area contributed by atoms with Gasteiger partial charge in [0.2, 0.25) is 0 Å². The van der Waals surface area contributed by atoms with E-state index in [0.29, 0.717) is 11.3 Å². The highest BCUT2D eigenvalue weighted by Crippen LogP contribution is 2.26. The Hall–Kier alpha value is -3.00. The first-order chi connectivity index (χ1) is 9.67. The van der Waals surface area contributed by atoms with Gasteiger partial charge in [-0.1, -0.05) is 0 Å². The molecule has 0 saturated carbocycles. The number of nitrogen functional groups attached to an aromatic ring is 1. The summed E-state index contributed by atoms with van der Waals surface area (Å²) in [5.41, 5.74) is 10.7. The van der Waals surface area contributed by atoms with Gasteiger partial charge < -0.3 is 15.6 Å². The number of nitriles is 1. The third-order valence-corrected chi connectivity index (χ3v) is 3.19. The maximum absolute atomic E-state index is 8.93. The van der Waals surface area contributed by atoms with Crippen molar-refractivity contribution in [2.24, 2.45) is 7.05 Å². The molecule has 5 heteroatoms. The molecule has 3 aromatic rings. The minimum atomic E-state index is 0.570. The monoisotopic (exact) mass is 263 g/mol. The van der Waals surface area contributed by atoms with Gasteiger partial charge in [-0.2, -0.15) is 5.26 Å². The van der Waals surface area contributed by atoms with Gasteiger partial charge in [-0.25, -0.2) is 4.98 Å². The summed E-state index contributed by atoms with van der Waals surface area (Å²) in [4.78, 5) is 4.32. The van der Waals surface area contributed by atoms with E-state index < -0.39 is 0 Å². The Labute approximate surface area is 116 Å². The quantitative estimate of drug-likeness (QED) is 0.697. The summed E-state index contributed by atoms with van der Waals surface area (Å²) in [5.74, 6) is 0. The molecule has 0 saturated heterocycles. The number of rotatable bonds is 2. The first-order valence-corrected chi connectivity index (χ1v) is 6.15. The van der Waals surface area contributed by atoms with Crippen LogP contribution in [0.4, 0.5) is 17.1 Å². The van der Waals surface area contributed by atoms with E-state index in [1.54, 1.807) is 24.5 Å². The second kappa shape index (κ2) is 4.59. The Balaban J connectivity index is 1.98. The molecular formula is C15H13N5. The highest BCUT2D eigenvalue weighted by Gasteiger charge is 2.04. The molecule has 1 aromatic heterocycles. The predicted molar refractivity (Wildman–Crippen MR) is 79.6 cm³/mol. The molecule has 0 aliphatic heterocycles. The highest BCUT2D eigenvalue weighted by atomic mass is 15.0.